The van der Waals surface area contributed by atoms with Crippen molar-refractivity contribution in [3.05, 3.63) is 64.7 Å². The molecule has 0 saturated heterocycles. The van der Waals surface area contributed by atoms with Gasteiger partial charge in [-0.25, -0.2) is 5.43 Å². The van der Waals surface area contributed by atoms with Crippen molar-refractivity contribution in [2.24, 2.45) is 11.0 Å². The number of carbonyl (C=O) groups excluding carboxylic acids is 2. The second-order valence-corrected chi connectivity index (χ2v) is 6.72. The molecule has 4 rings (SSSR count). The smallest absolute Gasteiger partial charge is 0.279 e. The highest BCUT2D eigenvalue weighted by Gasteiger charge is 2.37. The molecule has 25 heavy (non-hydrogen) atoms. The van der Waals surface area contributed by atoms with Crippen LogP contribution in [0.2, 0.25) is 5.02 Å². The second kappa shape index (κ2) is 6.33. The van der Waals surface area contributed by atoms with E-state index in [0.29, 0.717) is 23.0 Å². The van der Waals surface area contributed by atoms with Crippen LogP contribution in [0.3, 0.4) is 0 Å². The maximum atomic E-state index is 12.7. The first-order valence-electron chi connectivity index (χ1n) is 8.18. The largest absolute Gasteiger partial charge is 0.306 e. The van der Waals surface area contributed by atoms with Crippen molar-refractivity contribution in [1.29, 1.82) is 0 Å². The number of anilines is 1. The number of benzene rings is 2. The van der Waals surface area contributed by atoms with Gasteiger partial charge < -0.3 is 4.90 Å². The van der Waals surface area contributed by atoms with Crippen molar-refractivity contribution < 1.29 is 9.59 Å². The van der Waals surface area contributed by atoms with Crippen LogP contribution < -0.4 is 10.3 Å². The van der Waals surface area contributed by atoms with E-state index in [0.717, 1.165) is 24.1 Å². The SMILES string of the molecule is O=C(N/N=C1/C(=O)N(CC2CC2)c2ccccc21)c1ccc(Cl)cc1. The summed E-state index contributed by atoms with van der Waals surface area (Å²) in [7, 11) is 0. The number of fused-ring (bicyclic) bond motifs is 1. The lowest BCUT2D eigenvalue weighted by Gasteiger charge is -2.15. The topological polar surface area (TPSA) is 61.8 Å². The van der Waals surface area contributed by atoms with Crippen LogP contribution >= 0.6 is 11.6 Å². The van der Waals surface area contributed by atoms with Gasteiger partial charge in [0.1, 0.15) is 0 Å². The lowest BCUT2D eigenvalue weighted by molar-refractivity contribution is -0.112. The molecule has 1 aliphatic carbocycles. The van der Waals surface area contributed by atoms with E-state index in [2.05, 4.69) is 10.5 Å². The van der Waals surface area contributed by atoms with Gasteiger partial charge in [0.05, 0.1) is 5.69 Å². The Morgan fingerprint density at radius 3 is 2.60 bits per heavy atom. The van der Waals surface area contributed by atoms with Crippen molar-refractivity contribution >= 4 is 34.8 Å². The molecule has 0 atom stereocenters. The molecule has 2 amide bonds. The minimum Gasteiger partial charge on any atom is -0.306 e. The van der Waals surface area contributed by atoms with Crippen molar-refractivity contribution in [3.63, 3.8) is 0 Å². The first-order chi connectivity index (χ1) is 12.1. The summed E-state index contributed by atoms with van der Waals surface area (Å²) in [5, 5.41) is 4.67. The number of amides is 2. The van der Waals surface area contributed by atoms with E-state index in [9.17, 15) is 9.59 Å². The average molecular weight is 354 g/mol. The Kier molecular flexibility index (Phi) is 4.01. The van der Waals surface area contributed by atoms with Crippen LogP contribution in [0.15, 0.2) is 53.6 Å². The monoisotopic (exact) mass is 353 g/mol. The molecule has 0 aromatic heterocycles. The second-order valence-electron chi connectivity index (χ2n) is 6.28. The van der Waals surface area contributed by atoms with E-state index in [1.807, 2.05) is 24.3 Å². The van der Waals surface area contributed by atoms with E-state index >= 15 is 0 Å². The van der Waals surface area contributed by atoms with Gasteiger partial charge in [0, 0.05) is 22.7 Å². The first-order valence-corrected chi connectivity index (χ1v) is 8.56. The number of hydrogen-bond donors (Lipinski definition) is 1. The zero-order valence-corrected chi connectivity index (χ0v) is 14.2. The van der Waals surface area contributed by atoms with Crippen molar-refractivity contribution in [2.45, 2.75) is 12.8 Å². The quantitative estimate of drug-likeness (QED) is 0.858. The highest BCUT2D eigenvalue weighted by atomic mass is 35.5. The Morgan fingerprint density at radius 2 is 1.88 bits per heavy atom. The Bertz CT molecular complexity index is 872. The molecular weight excluding hydrogens is 338 g/mol. The first kappa shape index (κ1) is 15.8. The molecule has 0 bridgehead atoms. The molecule has 2 aromatic carbocycles. The third-order valence-corrected chi connectivity index (χ3v) is 4.66. The van der Waals surface area contributed by atoms with Crippen LogP contribution in [0.25, 0.3) is 0 Å². The average Bonchev–Trinajstić information content (AvgIpc) is 3.40. The number of hydrogen-bond acceptors (Lipinski definition) is 3. The predicted molar refractivity (Wildman–Crippen MR) is 97.0 cm³/mol. The molecule has 126 valence electrons. The zero-order chi connectivity index (χ0) is 17.4. The minimum absolute atomic E-state index is 0.162. The number of nitrogens with zero attached hydrogens (tertiary/aromatic N) is 2. The number of para-hydroxylation sites is 1. The molecule has 2 aliphatic rings. The number of hydrazone groups is 1. The van der Waals surface area contributed by atoms with Gasteiger partial charge in [0.15, 0.2) is 5.71 Å². The molecule has 6 heteroatoms. The summed E-state index contributed by atoms with van der Waals surface area (Å²) in [4.78, 5) is 26.7. The van der Waals surface area contributed by atoms with Gasteiger partial charge in [-0.05, 0) is 49.1 Å². The lowest BCUT2D eigenvalue weighted by atomic mass is 10.1. The van der Waals surface area contributed by atoms with Crippen LogP contribution in [0.5, 0.6) is 0 Å². The fourth-order valence-electron chi connectivity index (χ4n) is 2.88. The van der Waals surface area contributed by atoms with E-state index in [1.165, 1.54) is 0 Å². The van der Waals surface area contributed by atoms with E-state index in [1.54, 1.807) is 29.2 Å². The summed E-state index contributed by atoms with van der Waals surface area (Å²) in [6, 6.07) is 14.0. The van der Waals surface area contributed by atoms with Gasteiger partial charge in [0.2, 0.25) is 0 Å². The molecule has 1 N–H and O–H groups in total. The zero-order valence-electron chi connectivity index (χ0n) is 13.4. The van der Waals surface area contributed by atoms with Crippen LogP contribution in [-0.4, -0.2) is 24.1 Å². The Hall–Kier alpha value is -2.66. The Morgan fingerprint density at radius 1 is 1.16 bits per heavy atom. The van der Waals surface area contributed by atoms with Crippen molar-refractivity contribution in [3.8, 4) is 0 Å². The molecule has 5 nitrogen and oxygen atoms in total. The van der Waals surface area contributed by atoms with Crippen LogP contribution in [-0.2, 0) is 4.79 Å². The molecule has 0 spiro atoms. The maximum Gasteiger partial charge on any atom is 0.279 e. The summed E-state index contributed by atoms with van der Waals surface area (Å²) in [5.74, 6) is 0.0274. The summed E-state index contributed by atoms with van der Waals surface area (Å²) < 4.78 is 0. The van der Waals surface area contributed by atoms with Crippen LogP contribution in [0, 0.1) is 5.92 Å². The van der Waals surface area contributed by atoms with Gasteiger partial charge in [0.25, 0.3) is 11.8 Å². The molecule has 2 aromatic rings. The fraction of sp³-hybridized carbons (Fsp3) is 0.211. The fourth-order valence-corrected chi connectivity index (χ4v) is 3.01. The third-order valence-electron chi connectivity index (χ3n) is 4.41. The summed E-state index contributed by atoms with van der Waals surface area (Å²) >= 11 is 5.83. The van der Waals surface area contributed by atoms with Crippen LogP contribution in [0.1, 0.15) is 28.8 Å². The predicted octanol–water partition coefficient (Wildman–Crippen LogP) is 3.23. The molecule has 0 radical (unpaired) electrons. The standard InChI is InChI=1S/C19H16ClN3O2/c20-14-9-7-13(8-10-14)18(24)22-21-17-15-3-1-2-4-16(15)23(19(17)25)11-12-5-6-12/h1-4,7-10,12H,5-6,11H2,(H,22,24)/b21-17+. The van der Waals surface area contributed by atoms with Gasteiger partial charge in [-0.3, -0.25) is 9.59 Å². The highest BCUT2D eigenvalue weighted by Crippen LogP contribution is 2.35. The molecule has 1 aliphatic heterocycles. The van der Waals surface area contributed by atoms with Crippen LogP contribution in [0.4, 0.5) is 5.69 Å². The number of nitrogens with one attached hydrogen (secondary N) is 1. The lowest BCUT2D eigenvalue weighted by Crippen LogP contribution is -2.33. The van der Waals surface area contributed by atoms with Crippen molar-refractivity contribution in [2.75, 3.05) is 11.4 Å². The van der Waals surface area contributed by atoms with E-state index in [4.69, 9.17) is 11.6 Å². The molecule has 0 unspecified atom stereocenters. The molecule has 1 fully saturated rings. The van der Waals surface area contributed by atoms with Gasteiger partial charge in [-0.2, -0.15) is 5.10 Å². The summed E-state index contributed by atoms with van der Waals surface area (Å²) in [6.45, 7) is 0.708. The van der Waals surface area contributed by atoms with E-state index in [-0.39, 0.29) is 17.5 Å². The van der Waals surface area contributed by atoms with Gasteiger partial charge in [-0.15, -0.1) is 0 Å². The summed E-state index contributed by atoms with van der Waals surface area (Å²) in [5.41, 5.74) is 4.80. The van der Waals surface area contributed by atoms with Crippen molar-refractivity contribution in [1.82, 2.24) is 5.43 Å². The Balaban J connectivity index is 1.58. The third kappa shape index (κ3) is 3.15. The molecule has 1 heterocycles. The van der Waals surface area contributed by atoms with Gasteiger partial charge in [-0.1, -0.05) is 29.8 Å². The minimum atomic E-state index is -0.380. The number of halogens is 1. The molecular formula is C19H16ClN3O2. The number of carbonyl (C=O) groups is 2. The molecule has 1 saturated carbocycles. The van der Waals surface area contributed by atoms with Gasteiger partial charge >= 0.3 is 0 Å². The number of rotatable bonds is 4. The highest BCUT2D eigenvalue weighted by molar-refractivity contribution is 6.54. The summed E-state index contributed by atoms with van der Waals surface area (Å²) in [6.07, 6.45) is 2.32. The maximum absolute atomic E-state index is 12.7. The van der Waals surface area contributed by atoms with E-state index < -0.39 is 0 Å². The normalized spacial score (nSPS) is 17.7. The Labute approximate surface area is 150 Å².